The van der Waals surface area contributed by atoms with Gasteiger partial charge < -0.3 is 14.4 Å². The van der Waals surface area contributed by atoms with Crippen molar-refractivity contribution in [2.24, 2.45) is 4.99 Å². The normalized spacial score (nSPS) is 15.3. The van der Waals surface area contributed by atoms with E-state index in [0.717, 1.165) is 24.0 Å². The Hall–Kier alpha value is -2.19. The molecule has 0 saturated carbocycles. The van der Waals surface area contributed by atoms with Crippen LogP contribution in [0, 0.1) is 7.14 Å². The first-order valence-electron chi connectivity index (χ1n) is 12.7. The van der Waals surface area contributed by atoms with Crippen LogP contribution in [0.1, 0.15) is 51.8 Å². The second kappa shape index (κ2) is 12.5. The quantitative estimate of drug-likeness (QED) is 0.299. The molecule has 0 bridgehead atoms. The fourth-order valence-electron chi connectivity index (χ4n) is 4.63. The van der Waals surface area contributed by atoms with Crippen molar-refractivity contribution in [2.45, 2.75) is 46.8 Å². The van der Waals surface area contributed by atoms with Crippen LogP contribution in [0.4, 0.5) is 0 Å². The molecule has 39 heavy (non-hydrogen) atoms. The van der Waals surface area contributed by atoms with E-state index in [1.807, 2.05) is 77.1 Å². The maximum Gasteiger partial charge on any atom is 0.271 e. The molecule has 1 atom stereocenters. The molecule has 10 heteroatoms. The number of rotatable bonds is 8. The molecular formula is C29H31I2N3O4S. The third kappa shape index (κ3) is 5.97. The number of allylic oxidation sites excluding steroid dienone is 1. The van der Waals surface area contributed by atoms with E-state index >= 15 is 0 Å². The predicted octanol–water partition coefficient (Wildman–Crippen LogP) is 5.11. The van der Waals surface area contributed by atoms with Gasteiger partial charge in [0, 0.05) is 18.7 Å². The molecule has 0 fully saturated rings. The predicted molar refractivity (Wildman–Crippen MR) is 172 cm³/mol. The van der Waals surface area contributed by atoms with Crippen LogP contribution in [0.15, 0.2) is 57.5 Å². The number of nitrogens with zero attached hydrogens (tertiary/aromatic N) is 3. The smallest absolute Gasteiger partial charge is 0.271 e. The van der Waals surface area contributed by atoms with Gasteiger partial charge in [0.05, 0.1) is 36.2 Å². The van der Waals surface area contributed by atoms with Crippen LogP contribution in [0.3, 0.4) is 0 Å². The maximum absolute atomic E-state index is 14.0. The largest absolute Gasteiger partial charge is 0.496 e. The number of methoxy groups -OCH3 is 1. The van der Waals surface area contributed by atoms with E-state index in [1.165, 1.54) is 11.3 Å². The molecule has 1 aromatic heterocycles. The van der Waals surface area contributed by atoms with Crippen molar-refractivity contribution in [3.8, 4) is 11.5 Å². The second-order valence-electron chi connectivity index (χ2n) is 9.28. The number of aromatic nitrogens is 1. The van der Waals surface area contributed by atoms with Gasteiger partial charge in [-0.2, -0.15) is 0 Å². The zero-order chi connectivity index (χ0) is 28.4. The molecule has 1 aliphatic rings. The summed E-state index contributed by atoms with van der Waals surface area (Å²) in [5.74, 6) is 1.33. The fraction of sp³-hybridized carbons (Fsp3) is 0.345. The Bertz CT molecular complexity index is 1600. The molecule has 0 N–H and O–H groups in total. The van der Waals surface area contributed by atoms with E-state index < -0.39 is 6.04 Å². The number of amides is 1. The number of benzene rings is 2. The lowest BCUT2D eigenvalue weighted by Gasteiger charge is -2.29. The average molecular weight is 771 g/mol. The maximum atomic E-state index is 14.0. The molecule has 1 aliphatic heterocycles. The Kier molecular flexibility index (Phi) is 9.58. The van der Waals surface area contributed by atoms with Crippen LogP contribution in [0.2, 0.25) is 0 Å². The fourth-order valence-corrected chi connectivity index (χ4v) is 7.74. The summed E-state index contributed by atoms with van der Waals surface area (Å²) in [6.07, 6.45) is 1.95. The van der Waals surface area contributed by atoms with Gasteiger partial charge in [-0.15, -0.1) is 0 Å². The van der Waals surface area contributed by atoms with Gasteiger partial charge in [0.25, 0.3) is 11.5 Å². The van der Waals surface area contributed by atoms with Gasteiger partial charge in [-0.3, -0.25) is 14.2 Å². The van der Waals surface area contributed by atoms with Crippen molar-refractivity contribution in [2.75, 3.05) is 20.2 Å². The van der Waals surface area contributed by atoms with Gasteiger partial charge in [-0.25, -0.2) is 4.99 Å². The monoisotopic (exact) mass is 771 g/mol. The summed E-state index contributed by atoms with van der Waals surface area (Å²) >= 11 is 5.86. The van der Waals surface area contributed by atoms with Crippen molar-refractivity contribution in [1.29, 1.82) is 0 Å². The number of thiazole rings is 1. The topological polar surface area (TPSA) is 73.1 Å². The number of likely N-dealkylation sites (N-methyl/N-ethyl adjacent to an activating group) is 1. The number of fused-ring (bicyclic) bond motifs is 1. The minimum Gasteiger partial charge on any atom is -0.496 e. The highest BCUT2D eigenvalue weighted by Gasteiger charge is 2.35. The number of hydrogen-bond donors (Lipinski definition) is 0. The van der Waals surface area contributed by atoms with E-state index in [4.69, 9.17) is 14.5 Å². The molecule has 0 saturated heterocycles. The summed E-state index contributed by atoms with van der Waals surface area (Å²) in [7, 11) is 1.60. The van der Waals surface area contributed by atoms with Crippen molar-refractivity contribution >= 4 is 68.5 Å². The number of carbonyl (C=O) groups is 1. The highest BCUT2D eigenvalue weighted by atomic mass is 127. The molecule has 7 nitrogen and oxygen atoms in total. The van der Waals surface area contributed by atoms with E-state index in [0.29, 0.717) is 39.4 Å². The molecule has 0 aliphatic carbocycles. The minimum atomic E-state index is -0.658. The Labute approximate surface area is 259 Å². The summed E-state index contributed by atoms with van der Waals surface area (Å²) in [5.41, 5.74) is 2.54. The summed E-state index contributed by atoms with van der Waals surface area (Å²) in [6.45, 7) is 10.9. The number of ether oxygens (including phenoxy) is 2. The SMILES string of the molecule is CCN(CC)C(=O)C1=C(C)N=c2s/c(=C/c3cc(I)c(OC(C)C)c(I)c3)c(=O)n2[C@@H]1c1ccccc1OC. The molecule has 0 spiro atoms. The molecule has 206 valence electrons. The van der Waals surface area contributed by atoms with E-state index in [9.17, 15) is 9.59 Å². The lowest BCUT2D eigenvalue weighted by molar-refractivity contribution is -0.127. The minimum absolute atomic E-state index is 0.0630. The van der Waals surface area contributed by atoms with E-state index in [-0.39, 0.29) is 17.6 Å². The molecule has 2 heterocycles. The van der Waals surface area contributed by atoms with Gasteiger partial charge >= 0.3 is 0 Å². The molecular weight excluding hydrogens is 740 g/mol. The van der Waals surface area contributed by atoms with Gasteiger partial charge in [0.1, 0.15) is 17.5 Å². The first kappa shape index (κ1) is 29.8. The number of para-hydroxylation sites is 1. The van der Waals surface area contributed by atoms with Crippen molar-refractivity contribution in [1.82, 2.24) is 9.47 Å². The van der Waals surface area contributed by atoms with Crippen LogP contribution in [-0.4, -0.2) is 41.7 Å². The number of hydrogen-bond acceptors (Lipinski definition) is 6. The zero-order valence-electron chi connectivity index (χ0n) is 22.7. The lowest BCUT2D eigenvalue weighted by atomic mass is 9.94. The molecule has 0 unspecified atom stereocenters. The Morgan fingerprint density at radius 1 is 1.18 bits per heavy atom. The third-order valence-corrected chi connectivity index (χ3v) is 8.99. The summed E-state index contributed by atoms with van der Waals surface area (Å²) in [6, 6.07) is 10.9. The Morgan fingerprint density at radius 2 is 1.82 bits per heavy atom. The van der Waals surface area contributed by atoms with Gasteiger partial charge in [-0.1, -0.05) is 29.5 Å². The van der Waals surface area contributed by atoms with Crippen LogP contribution >= 0.6 is 56.5 Å². The molecule has 2 aromatic carbocycles. The lowest BCUT2D eigenvalue weighted by Crippen LogP contribution is -2.43. The Balaban J connectivity index is 1.95. The van der Waals surface area contributed by atoms with Crippen LogP contribution in [-0.2, 0) is 4.79 Å². The van der Waals surface area contributed by atoms with E-state index in [2.05, 4.69) is 45.2 Å². The standard InChI is InChI=1S/C29H31I2N3O4S/c1-7-33(8-2)28(36)24-17(5)32-29-34(25(24)19-11-9-10-12-22(19)37-6)27(35)23(39-29)15-18-13-20(30)26(21(31)14-18)38-16(3)4/h9-16,25H,7-8H2,1-6H3/b23-15+/t25-/m1/s1. The van der Waals surface area contributed by atoms with Crippen molar-refractivity contribution in [3.05, 3.63) is 85.6 Å². The zero-order valence-corrected chi connectivity index (χ0v) is 27.9. The van der Waals surface area contributed by atoms with Gasteiger partial charge in [0.15, 0.2) is 4.80 Å². The molecule has 1 amide bonds. The third-order valence-electron chi connectivity index (χ3n) is 6.41. The van der Waals surface area contributed by atoms with Gasteiger partial charge in [-0.05, 0) is 110 Å². The first-order valence-corrected chi connectivity index (χ1v) is 15.7. The highest BCUT2D eigenvalue weighted by Crippen LogP contribution is 2.36. The van der Waals surface area contributed by atoms with Crippen LogP contribution in [0.25, 0.3) is 6.08 Å². The Morgan fingerprint density at radius 3 is 2.41 bits per heavy atom. The second-order valence-corrected chi connectivity index (χ2v) is 12.6. The molecule has 4 rings (SSSR count). The van der Waals surface area contributed by atoms with Gasteiger partial charge in [0.2, 0.25) is 0 Å². The number of carbonyl (C=O) groups excluding carboxylic acids is 1. The van der Waals surface area contributed by atoms with E-state index in [1.54, 1.807) is 16.6 Å². The molecule has 3 aromatic rings. The summed E-state index contributed by atoms with van der Waals surface area (Å²) < 4.78 is 15.8. The summed E-state index contributed by atoms with van der Waals surface area (Å²) in [5, 5.41) is 0. The van der Waals surface area contributed by atoms with Crippen LogP contribution < -0.4 is 24.4 Å². The van der Waals surface area contributed by atoms with Crippen molar-refractivity contribution < 1.29 is 14.3 Å². The average Bonchev–Trinajstić information content (AvgIpc) is 3.20. The summed E-state index contributed by atoms with van der Waals surface area (Å²) in [4.78, 5) is 34.9. The first-order chi connectivity index (χ1) is 18.6. The highest BCUT2D eigenvalue weighted by molar-refractivity contribution is 14.1. The molecule has 0 radical (unpaired) electrons. The number of halogens is 2. The van der Waals surface area contributed by atoms with Crippen molar-refractivity contribution in [3.63, 3.8) is 0 Å². The van der Waals surface area contributed by atoms with Crippen LogP contribution in [0.5, 0.6) is 11.5 Å².